The molecular formula is C17H16N2S. The van der Waals surface area contributed by atoms with Crippen LogP contribution in [0.3, 0.4) is 0 Å². The highest BCUT2D eigenvalue weighted by Gasteiger charge is 2.47. The van der Waals surface area contributed by atoms with Gasteiger partial charge in [0.2, 0.25) is 0 Å². The molecule has 0 bridgehead atoms. The van der Waals surface area contributed by atoms with E-state index in [1.165, 1.54) is 0 Å². The quantitative estimate of drug-likeness (QED) is 0.781. The summed E-state index contributed by atoms with van der Waals surface area (Å²) in [6.45, 7) is 2.00. The van der Waals surface area contributed by atoms with E-state index >= 15 is 0 Å². The van der Waals surface area contributed by atoms with Crippen molar-refractivity contribution in [2.24, 2.45) is 4.99 Å². The lowest BCUT2D eigenvalue weighted by Gasteiger charge is -2.38. The SMILES string of the molecule is CC1=NC(=S)C(c2ccccc2)(c2ccccc2)N1C. The van der Waals surface area contributed by atoms with Crippen LogP contribution in [0.25, 0.3) is 0 Å². The van der Waals surface area contributed by atoms with Crippen molar-refractivity contribution < 1.29 is 0 Å². The summed E-state index contributed by atoms with van der Waals surface area (Å²) >= 11 is 5.64. The van der Waals surface area contributed by atoms with Crippen LogP contribution in [0.1, 0.15) is 18.1 Å². The fourth-order valence-corrected chi connectivity index (χ4v) is 3.35. The topological polar surface area (TPSA) is 15.6 Å². The Balaban J connectivity index is 2.28. The Kier molecular flexibility index (Phi) is 3.14. The van der Waals surface area contributed by atoms with Crippen LogP contribution in [-0.2, 0) is 5.54 Å². The number of nitrogens with zero attached hydrogens (tertiary/aromatic N) is 2. The smallest absolute Gasteiger partial charge is 0.145 e. The van der Waals surface area contributed by atoms with Gasteiger partial charge in [0, 0.05) is 7.05 Å². The molecule has 0 amide bonds. The summed E-state index contributed by atoms with van der Waals surface area (Å²) in [5.74, 6) is 0.947. The van der Waals surface area contributed by atoms with Crippen molar-refractivity contribution in [3.63, 3.8) is 0 Å². The molecule has 1 aliphatic rings. The summed E-state index contributed by atoms with van der Waals surface area (Å²) in [5.41, 5.74) is 1.83. The van der Waals surface area contributed by atoms with E-state index in [0.717, 1.165) is 17.0 Å². The Hall–Kier alpha value is -2.00. The monoisotopic (exact) mass is 280 g/mol. The highest BCUT2D eigenvalue weighted by atomic mass is 32.1. The zero-order valence-electron chi connectivity index (χ0n) is 11.6. The summed E-state index contributed by atoms with van der Waals surface area (Å²) in [7, 11) is 2.05. The van der Waals surface area contributed by atoms with Gasteiger partial charge < -0.3 is 4.90 Å². The summed E-state index contributed by atoms with van der Waals surface area (Å²) < 4.78 is 0. The first-order valence-electron chi connectivity index (χ1n) is 6.62. The summed E-state index contributed by atoms with van der Waals surface area (Å²) in [6.07, 6.45) is 0. The van der Waals surface area contributed by atoms with Crippen LogP contribution in [0.5, 0.6) is 0 Å². The molecule has 2 nitrogen and oxygen atoms in total. The predicted octanol–water partition coefficient (Wildman–Crippen LogP) is 3.62. The molecule has 0 aliphatic carbocycles. The number of benzene rings is 2. The van der Waals surface area contributed by atoms with Gasteiger partial charge in [-0.15, -0.1) is 0 Å². The fraction of sp³-hybridized carbons (Fsp3) is 0.176. The number of thiocarbonyl (C=S) groups is 1. The van der Waals surface area contributed by atoms with Crippen molar-refractivity contribution in [2.45, 2.75) is 12.5 Å². The fourth-order valence-electron chi connectivity index (χ4n) is 2.85. The molecule has 0 saturated carbocycles. The molecule has 0 radical (unpaired) electrons. The second-order valence-corrected chi connectivity index (χ2v) is 5.35. The molecule has 0 spiro atoms. The van der Waals surface area contributed by atoms with Crippen LogP contribution in [-0.4, -0.2) is 22.8 Å². The number of rotatable bonds is 2. The first-order valence-corrected chi connectivity index (χ1v) is 7.03. The Morgan fingerprint density at radius 3 is 1.70 bits per heavy atom. The lowest BCUT2D eigenvalue weighted by molar-refractivity contribution is 0.370. The maximum absolute atomic E-state index is 5.64. The summed E-state index contributed by atoms with van der Waals surface area (Å²) in [5, 5.41) is 0. The van der Waals surface area contributed by atoms with Gasteiger partial charge in [0.05, 0.1) is 0 Å². The molecule has 3 rings (SSSR count). The van der Waals surface area contributed by atoms with E-state index < -0.39 is 5.54 Å². The standard InChI is InChI=1S/C17H16N2S/c1-13-18-16(20)17(19(13)2,14-9-5-3-6-10-14)15-11-7-4-8-12-15/h3-12H,1-2H3. The van der Waals surface area contributed by atoms with Gasteiger partial charge in [-0.3, -0.25) is 0 Å². The van der Waals surface area contributed by atoms with E-state index in [0.29, 0.717) is 4.99 Å². The summed E-state index contributed by atoms with van der Waals surface area (Å²) in [6, 6.07) is 20.7. The van der Waals surface area contributed by atoms with Crippen molar-refractivity contribution in [1.82, 2.24) is 4.90 Å². The Morgan fingerprint density at radius 2 is 1.35 bits per heavy atom. The molecule has 1 heterocycles. The number of likely N-dealkylation sites (N-methyl/N-ethyl adjacent to an activating group) is 1. The Bertz CT molecular complexity index is 622. The molecule has 1 aliphatic heterocycles. The molecule has 0 atom stereocenters. The van der Waals surface area contributed by atoms with Crippen molar-refractivity contribution in [3.05, 3.63) is 71.8 Å². The van der Waals surface area contributed by atoms with E-state index in [2.05, 4.69) is 41.2 Å². The van der Waals surface area contributed by atoms with Crippen LogP contribution in [0.4, 0.5) is 0 Å². The predicted molar refractivity (Wildman–Crippen MR) is 87.1 cm³/mol. The van der Waals surface area contributed by atoms with E-state index in [4.69, 9.17) is 12.2 Å². The van der Waals surface area contributed by atoms with Crippen LogP contribution < -0.4 is 0 Å². The third-order valence-corrected chi connectivity index (χ3v) is 4.33. The Morgan fingerprint density at radius 1 is 0.900 bits per heavy atom. The van der Waals surface area contributed by atoms with Gasteiger partial charge in [-0.2, -0.15) is 0 Å². The minimum absolute atomic E-state index is 0.470. The van der Waals surface area contributed by atoms with Crippen molar-refractivity contribution in [1.29, 1.82) is 0 Å². The molecule has 2 aromatic carbocycles. The van der Waals surface area contributed by atoms with Gasteiger partial charge in [0.25, 0.3) is 0 Å². The molecule has 20 heavy (non-hydrogen) atoms. The first kappa shape index (κ1) is 13.0. The minimum atomic E-state index is -0.470. The second kappa shape index (κ2) is 4.84. The van der Waals surface area contributed by atoms with Gasteiger partial charge in [-0.1, -0.05) is 72.9 Å². The zero-order chi connectivity index (χ0) is 14.2. The molecule has 0 N–H and O–H groups in total. The average molecular weight is 280 g/mol. The maximum atomic E-state index is 5.64. The molecule has 2 aromatic rings. The normalized spacial score (nSPS) is 17.2. The minimum Gasteiger partial charge on any atom is -0.343 e. The zero-order valence-corrected chi connectivity index (χ0v) is 12.4. The maximum Gasteiger partial charge on any atom is 0.145 e. The lowest BCUT2D eigenvalue weighted by atomic mass is 9.82. The van der Waals surface area contributed by atoms with Crippen molar-refractivity contribution in [3.8, 4) is 0 Å². The first-order chi connectivity index (χ1) is 9.67. The number of aliphatic imine (C=N–C) groups is 1. The van der Waals surface area contributed by atoms with Crippen LogP contribution in [0.15, 0.2) is 65.7 Å². The number of amidine groups is 1. The van der Waals surface area contributed by atoms with Gasteiger partial charge in [-0.05, 0) is 18.1 Å². The second-order valence-electron chi connectivity index (χ2n) is 4.97. The van der Waals surface area contributed by atoms with E-state index in [1.54, 1.807) is 0 Å². The molecular weight excluding hydrogens is 264 g/mol. The van der Waals surface area contributed by atoms with Crippen molar-refractivity contribution >= 4 is 23.0 Å². The van der Waals surface area contributed by atoms with E-state index in [1.807, 2.05) is 43.3 Å². The number of hydrogen-bond donors (Lipinski definition) is 0. The van der Waals surface area contributed by atoms with Crippen LogP contribution in [0, 0.1) is 0 Å². The number of hydrogen-bond acceptors (Lipinski definition) is 2. The largest absolute Gasteiger partial charge is 0.343 e. The van der Waals surface area contributed by atoms with Gasteiger partial charge in [0.1, 0.15) is 16.4 Å². The highest BCUT2D eigenvalue weighted by molar-refractivity contribution is 7.80. The molecule has 100 valence electrons. The average Bonchev–Trinajstić information content (AvgIpc) is 2.72. The molecule has 0 fully saturated rings. The highest BCUT2D eigenvalue weighted by Crippen LogP contribution is 2.40. The Labute approximate surface area is 124 Å². The van der Waals surface area contributed by atoms with Gasteiger partial charge in [-0.25, -0.2) is 4.99 Å². The van der Waals surface area contributed by atoms with Crippen LogP contribution >= 0.6 is 12.2 Å². The molecule has 0 saturated heterocycles. The summed E-state index contributed by atoms with van der Waals surface area (Å²) in [4.78, 5) is 7.42. The van der Waals surface area contributed by atoms with Crippen molar-refractivity contribution in [2.75, 3.05) is 7.05 Å². The van der Waals surface area contributed by atoms with Crippen LogP contribution in [0.2, 0.25) is 0 Å². The van der Waals surface area contributed by atoms with Gasteiger partial charge >= 0.3 is 0 Å². The lowest BCUT2D eigenvalue weighted by Crippen LogP contribution is -2.46. The van der Waals surface area contributed by atoms with E-state index in [9.17, 15) is 0 Å². The third-order valence-electron chi connectivity index (χ3n) is 3.94. The molecule has 0 aromatic heterocycles. The van der Waals surface area contributed by atoms with Gasteiger partial charge in [0.15, 0.2) is 0 Å². The van der Waals surface area contributed by atoms with E-state index in [-0.39, 0.29) is 0 Å². The molecule has 0 unspecified atom stereocenters. The third kappa shape index (κ3) is 1.70. The molecule has 3 heteroatoms.